The summed E-state index contributed by atoms with van der Waals surface area (Å²) in [6.07, 6.45) is 3.88. The predicted octanol–water partition coefficient (Wildman–Crippen LogP) is 3.22. The Morgan fingerprint density at radius 2 is 1.84 bits per heavy atom. The van der Waals surface area contributed by atoms with Crippen molar-refractivity contribution < 1.29 is 4.79 Å². The fourth-order valence-electron chi connectivity index (χ4n) is 3.85. The zero-order chi connectivity index (χ0) is 17.4. The second-order valence-corrected chi connectivity index (χ2v) is 7.44. The number of fused-ring (bicyclic) bond motifs is 1. The van der Waals surface area contributed by atoms with Gasteiger partial charge in [0, 0.05) is 29.7 Å². The van der Waals surface area contributed by atoms with Gasteiger partial charge in [-0.1, -0.05) is 18.0 Å². The van der Waals surface area contributed by atoms with E-state index in [0.717, 1.165) is 31.0 Å². The first-order valence-electron chi connectivity index (χ1n) is 8.92. The molecule has 4 rings (SSSR count). The van der Waals surface area contributed by atoms with E-state index < -0.39 is 0 Å². The molecule has 0 unspecified atom stereocenters. The maximum absolute atomic E-state index is 12.8. The number of amides is 1. The van der Waals surface area contributed by atoms with Crippen LogP contribution in [0.15, 0.2) is 24.3 Å². The molecule has 2 aromatic rings. The van der Waals surface area contributed by atoms with Crippen molar-refractivity contribution in [3.05, 3.63) is 51.8 Å². The van der Waals surface area contributed by atoms with Crippen LogP contribution in [0, 0.1) is 0 Å². The number of hydrogen-bond donors (Lipinski definition) is 0. The van der Waals surface area contributed by atoms with Crippen molar-refractivity contribution in [1.29, 1.82) is 0 Å². The Bertz CT molecular complexity index is 777. The molecule has 1 aromatic carbocycles. The molecule has 6 heteroatoms. The summed E-state index contributed by atoms with van der Waals surface area (Å²) >= 11 is 5.92. The molecular weight excluding hydrogens is 336 g/mol. The lowest BCUT2D eigenvalue weighted by atomic mass is 10.1. The number of piperidine rings is 1. The molecule has 0 bridgehead atoms. The van der Waals surface area contributed by atoms with Crippen molar-refractivity contribution in [3.8, 4) is 0 Å². The minimum atomic E-state index is 0.0526. The average molecular weight is 359 g/mol. The molecule has 0 radical (unpaired) electrons. The third kappa shape index (κ3) is 3.31. The summed E-state index contributed by atoms with van der Waals surface area (Å²) in [4.78, 5) is 17.2. The SMILES string of the molecule is Cn1nc(CN2CCCCC2)c2c1CN(C(=O)c1ccc(Cl)cc1)C2. The van der Waals surface area contributed by atoms with Gasteiger partial charge in [-0.3, -0.25) is 14.4 Å². The lowest BCUT2D eigenvalue weighted by Crippen LogP contribution is -2.30. The smallest absolute Gasteiger partial charge is 0.254 e. The molecule has 1 aromatic heterocycles. The summed E-state index contributed by atoms with van der Waals surface area (Å²) < 4.78 is 1.95. The Balaban J connectivity index is 1.51. The van der Waals surface area contributed by atoms with Gasteiger partial charge in [0.15, 0.2) is 0 Å². The van der Waals surface area contributed by atoms with Gasteiger partial charge in [0.25, 0.3) is 5.91 Å². The number of rotatable bonds is 3. The molecular formula is C19H23ClN4O. The molecule has 1 amide bonds. The standard InChI is InChI=1S/C19H23ClN4O/c1-22-18-13-24(19(25)14-5-7-15(20)8-6-14)11-16(18)17(21-22)12-23-9-3-2-4-10-23/h5-8H,2-4,9-13H2,1H3. The van der Waals surface area contributed by atoms with Gasteiger partial charge in [-0.05, 0) is 50.2 Å². The van der Waals surface area contributed by atoms with Crippen molar-refractivity contribution >= 4 is 17.5 Å². The molecule has 0 atom stereocenters. The first kappa shape index (κ1) is 16.6. The van der Waals surface area contributed by atoms with E-state index in [4.69, 9.17) is 16.7 Å². The van der Waals surface area contributed by atoms with Gasteiger partial charge >= 0.3 is 0 Å². The Morgan fingerprint density at radius 1 is 1.12 bits per heavy atom. The molecule has 0 N–H and O–H groups in total. The number of hydrogen-bond acceptors (Lipinski definition) is 3. The summed E-state index contributed by atoms with van der Waals surface area (Å²) in [5.74, 6) is 0.0526. The van der Waals surface area contributed by atoms with Crippen LogP contribution < -0.4 is 0 Å². The van der Waals surface area contributed by atoms with Crippen molar-refractivity contribution in [3.63, 3.8) is 0 Å². The minimum absolute atomic E-state index is 0.0526. The number of benzene rings is 1. The number of aryl methyl sites for hydroxylation is 1. The quantitative estimate of drug-likeness (QED) is 0.846. The third-order valence-electron chi connectivity index (χ3n) is 5.25. The highest BCUT2D eigenvalue weighted by Gasteiger charge is 2.30. The van der Waals surface area contributed by atoms with Crippen LogP contribution in [0.25, 0.3) is 0 Å². The molecule has 0 spiro atoms. The molecule has 2 aliphatic heterocycles. The van der Waals surface area contributed by atoms with Crippen LogP contribution in [-0.2, 0) is 26.7 Å². The van der Waals surface area contributed by atoms with Gasteiger partial charge in [-0.2, -0.15) is 5.10 Å². The lowest BCUT2D eigenvalue weighted by Gasteiger charge is -2.26. The van der Waals surface area contributed by atoms with Gasteiger partial charge in [0.05, 0.1) is 24.5 Å². The first-order valence-corrected chi connectivity index (χ1v) is 9.30. The normalized spacial score (nSPS) is 17.8. The van der Waals surface area contributed by atoms with Gasteiger partial charge in [0.1, 0.15) is 0 Å². The summed E-state index contributed by atoms with van der Waals surface area (Å²) in [5.41, 5.74) is 4.21. The molecule has 2 aliphatic rings. The van der Waals surface area contributed by atoms with Crippen molar-refractivity contribution in [2.24, 2.45) is 7.05 Å². The van der Waals surface area contributed by atoms with Crippen LogP contribution in [0.2, 0.25) is 5.02 Å². The molecule has 25 heavy (non-hydrogen) atoms. The fraction of sp³-hybridized carbons (Fsp3) is 0.474. The summed E-state index contributed by atoms with van der Waals surface area (Å²) in [6, 6.07) is 7.11. The van der Waals surface area contributed by atoms with E-state index >= 15 is 0 Å². The van der Waals surface area contributed by atoms with Crippen LogP contribution in [0.1, 0.15) is 46.6 Å². The number of likely N-dealkylation sites (tertiary alicyclic amines) is 1. The van der Waals surface area contributed by atoms with Crippen LogP contribution >= 0.6 is 11.6 Å². The van der Waals surface area contributed by atoms with E-state index in [9.17, 15) is 4.79 Å². The van der Waals surface area contributed by atoms with E-state index in [2.05, 4.69) is 4.90 Å². The Hall–Kier alpha value is -1.85. The second-order valence-electron chi connectivity index (χ2n) is 7.00. The lowest BCUT2D eigenvalue weighted by molar-refractivity contribution is 0.0747. The highest BCUT2D eigenvalue weighted by Crippen LogP contribution is 2.28. The van der Waals surface area contributed by atoms with Crippen LogP contribution in [0.5, 0.6) is 0 Å². The van der Waals surface area contributed by atoms with Crippen molar-refractivity contribution in [1.82, 2.24) is 19.6 Å². The Morgan fingerprint density at radius 3 is 2.56 bits per heavy atom. The van der Waals surface area contributed by atoms with E-state index in [1.165, 1.54) is 24.8 Å². The second kappa shape index (κ2) is 6.81. The number of halogens is 1. The number of carbonyl (C=O) groups is 1. The first-order chi connectivity index (χ1) is 12.1. The average Bonchev–Trinajstić information content (AvgIpc) is 3.18. The molecule has 1 saturated heterocycles. The zero-order valence-corrected chi connectivity index (χ0v) is 15.3. The van der Waals surface area contributed by atoms with Crippen molar-refractivity contribution in [2.45, 2.75) is 38.9 Å². The van der Waals surface area contributed by atoms with E-state index in [-0.39, 0.29) is 5.91 Å². The molecule has 0 saturated carbocycles. The highest BCUT2D eigenvalue weighted by atomic mass is 35.5. The highest BCUT2D eigenvalue weighted by molar-refractivity contribution is 6.30. The Kier molecular flexibility index (Phi) is 4.52. The zero-order valence-electron chi connectivity index (χ0n) is 14.5. The largest absolute Gasteiger partial charge is 0.328 e. The molecule has 5 nitrogen and oxygen atoms in total. The summed E-state index contributed by atoms with van der Waals surface area (Å²) in [6.45, 7) is 4.47. The molecule has 0 aliphatic carbocycles. The Labute approximate surface area is 153 Å². The van der Waals surface area contributed by atoms with Crippen LogP contribution in [0.3, 0.4) is 0 Å². The third-order valence-corrected chi connectivity index (χ3v) is 5.50. The van der Waals surface area contributed by atoms with Crippen LogP contribution in [-0.4, -0.2) is 38.6 Å². The van der Waals surface area contributed by atoms with Gasteiger partial charge in [-0.15, -0.1) is 0 Å². The predicted molar refractivity (Wildman–Crippen MR) is 97.4 cm³/mol. The number of nitrogens with zero attached hydrogens (tertiary/aromatic N) is 4. The monoisotopic (exact) mass is 358 g/mol. The fourth-order valence-corrected chi connectivity index (χ4v) is 3.97. The van der Waals surface area contributed by atoms with Crippen molar-refractivity contribution in [2.75, 3.05) is 13.1 Å². The molecule has 132 valence electrons. The maximum atomic E-state index is 12.8. The van der Waals surface area contributed by atoms with E-state index in [0.29, 0.717) is 23.7 Å². The van der Waals surface area contributed by atoms with E-state index in [1.54, 1.807) is 24.3 Å². The van der Waals surface area contributed by atoms with E-state index in [1.807, 2.05) is 16.6 Å². The summed E-state index contributed by atoms with van der Waals surface area (Å²) in [5, 5.41) is 5.37. The van der Waals surface area contributed by atoms with Gasteiger partial charge < -0.3 is 4.90 Å². The molecule has 3 heterocycles. The molecule has 1 fully saturated rings. The maximum Gasteiger partial charge on any atom is 0.254 e. The van der Waals surface area contributed by atoms with Crippen LogP contribution in [0.4, 0.5) is 0 Å². The minimum Gasteiger partial charge on any atom is -0.328 e. The summed E-state index contributed by atoms with van der Waals surface area (Å²) in [7, 11) is 1.98. The number of aromatic nitrogens is 2. The van der Waals surface area contributed by atoms with Gasteiger partial charge in [0.2, 0.25) is 0 Å². The van der Waals surface area contributed by atoms with Gasteiger partial charge in [-0.25, -0.2) is 0 Å². The topological polar surface area (TPSA) is 41.4 Å². The number of carbonyl (C=O) groups excluding carboxylic acids is 1.